The Balaban J connectivity index is 2.12. The van der Waals surface area contributed by atoms with Crippen molar-refractivity contribution in [1.29, 1.82) is 0 Å². The van der Waals surface area contributed by atoms with Gasteiger partial charge in [-0.1, -0.05) is 38.1 Å². The molecular formula is C15H22N2O. The van der Waals surface area contributed by atoms with Crippen molar-refractivity contribution in [2.75, 3.05) is 6.54 Å². The van der Waals surface area contributed by atoms with E-state index in [1.165, 1.54) is 11.1 Å². The molecule has 0 spiro atoms. The zero-order chi connectivity index (χ0) is 13.1. The fourth-order valence-corrected chi connectivity index (χ4v) is 2.56. The van der Waals surface area contributed by atoms with E-state index in [1.807, 2.05) is 0 Å². The lowest BCUT2D eigenvalue weighted by atomic mass is 9.96. The Morgan fingerprint density at radius 1 is 1.33 bits per heavy atom. The van der Waals surface area contributed by atoms with Crippen LogP contribution in [0.15, 0.2) is 24.3 Å². The summed E-state index contributed by atoms with van der Waals surface area (Å²) >= 11 is 0. The molecule has 98 valence electrons. The van der Waals surface area contributed by atoms with Gasteiger partial charge < -0.3 is 10.6 Å². The standard InChI is InChI=1S/C15H22N2O/c1-10(2)12-4-6-13(7-5-12)15-14(8-9-16-15)17-11(3)18/h4-7,10,14-16H,8-9H2,1-3H3,(H,17,18)/t14-,15-/m1/s1. The number of hydrogen-bond donors (Lipinski definition) is 2. The van der Waals surface area contributed by atoms with Crippen LogP contribution < -0.4 is 10.6 Å². The summed E-state index contributed by atoms with van der Waals surface area (Å²) in [6.45, 7) is 6.94. The van der Waals surface area contributed by atoms with E-state index >= 15 is 0 Å². The Morgan fingerprint density at radius 3 is 2.56 bits per heavy atom. The zero-order valence-electron chi connectivity index (χ0n) is 11.4. The van der Waals surface area contributed by atoms with Gasteiger partial charge in [0.2, 0.25) is 5.91 Å². The van der Waals surface area contributed by atoms with Gasteiger partial charge in [-0.2, -0.15) is 0 Å². The lowest BCUT2D eigenvalue weighted by Gasteiger charge is -2.21. The van der Waals surface area contributed by atoms with Gasteiger partial charge in [0.1, 0.15) is 0 Å². The average Bonchev–Trinajstić information content (AvgIpc) is 2.76. The Hall–Kier alpha value is -1.35. The fraction of sp³-hybridized carbons (Fsp3) is 0.533. The van der Waals surface area contributed by atoms with Gasteiger partial charge in [0.05, 0.1) is 6.04 Å². The maximum absolute atomic E-state index is 11.2. The third-order valence-corrected chi connectivity index (χ3v) is 3.57. The molecule has 1 amide bonds. The van der Waals surface area contributed by atoms with Crippen LogP contribution in [0, 0.1) is 0 Å². The molecule has 1 saturated heterocycles. The molecule has 1 aliphatic heterocycles. The van der Waals surface area contributed by atoms with Crippen LogP contribution in [0.25, 0.3) is 0 Å². The van der Waals surface area contributed by atoms with Crippen molar-refractivity contribution in [3.8, 4) is 0 Å². The van der Waals surface area contributed by atoms with Gasteiger partial charge in [-0.3, -0.25) is 4.79 Å². The minimum absolute atomic E-state index is 0.0486. The normalized spacial score (nSPS) is 23.3. The molecule has 0 aliphatic carbocycles. The van der Waals surface area contributed by atoms with Gasteiger partial charge in [0.25, 0.3) is 0 Å². The quantitative estimate of drug-likeness (QED) is 0.859. The van der Waals surface area contributed by atoms with Crippen LogP contribution in [-0.4, -0.2) is 18.5 Å². The molecular weight excluding hydrogens is 224 g/mol. The minimum Gasteiger partial charge on any atom is -0.352 e. The van der Waals surface area contributed by atoms with Crippen molar-refractivity contribution in [3.05, 3.63) is 35.4 Å². The first-order chi connectivity index (χ1) is 8.58. The molecule has 0 radical (unpaired) electrons. The minimum atomic E-state index is 0.0486. The maximum Gasteiger partial charge on any atom is 0.217 e. The van der Waals surface area contributed by atoms with Crippen LogP contribution in [0.1, 0.15) is 50.3 Å². The van der Waals surface area contributed by atoms with Gasteiger partial charge in [-0.25, -0.2) is 0 Å². The summed E-state index contributed by atoms with van der Waals surface area (Å²) in [6.07, 6.45) is 0.996. The molecule has 1 fully saturated rings. The third kappa shape index (κ3) is 2.91. The predicted octanol–water partition coefficient (Wildman–Crippen LogP) is 2.35. The van der Waals surface area contributed by atoms with Crippen LogP contribution in [0.5, 0.6) is 0 Å². The topological polar surface area (TPSA) is 41.1 Å². The van der Waals surface area contributed by atoms with Crippen molar-refractivity contribution in [2.24, 2.45) is 0 Å². The molecule has 1 aliphatic rings. The monoisotopic (exact) mass is 246 g/mol. The SMILES string of the molecule is CC(=O)N[C@@H]1CCN[C@@H]1c1ccc(C(C)C)cc1. The lowest BCUT2D eigenvalue weighted by Crippen LogP contribution is -2.37. The van der Waals surface area contributed by atoms with Crippen LogP contribution >= 0.6 is 0 Å². The molecule has 2 atom stereocenters. The summed E-state index contributed by atoms with van der Waals surface area (Å²) in [6, 6.07) is 9.18. The molecule has 0 bridgehead atoms. The van der Waals surface area contributed by atoms with E-state index in [-0.39, 0.29) is 18.0 Å². The Kier molecular flexibility index (Phi) is 4.02. The first-order valence-electron chi connectivity index (χ1n) is 6.68. The van der Waals surface area contributed by atoms with E-state index in [0.29, 0.717) is 5.92 Å². The second-order valence-electron chi connectivity index (χ2n) is 5.35. The summed E-state index contributed by atoms with van der Waals surface area (Å²) in [5.41, 5.74) is 2.61. The van der Waals surface area contributed by atoms with Crippen LogP contribution in [0.2, 0.25) is 0 Å². The molecule has 0 aromatic heterocycles. The van der Waals surface area contributed by atoms with Gasteiger partial charge in [-0.05, 0) is 30.0 Å². The highest BCUT2D eigenvalue weighted by molar-refractivity contribution is 5.73. The second-order valence-corrected chi connectivity index (χ2v) is 5.35. The number of hydrogen-bond acceptors (Lipinski definition) is 2. The van der Waals surface area contributed by atoms with Gasteiger partial charge in [0, 0.05) is 13.0 Å². The molecule has 0 unspecified atom stereocenters. The molecule has 2 rings (SSSR count). The van der Waals surface area contributed by atoms with E-state index in [1.54, 1.807) is 6.92 Å². The van der Waals surface area contributed by atoms with Crippen molar-refractivity contribution >= 4 is 5.91 Å². The molecule has 1 aromatic carbocycles. The zero-order valence-corrected chi connectivity index (χ0v) is 11.4. The second kappa shape index (κ2) is 5.53. The number of amides is 1. The number of nitrogens with one attached hydrogen (secondary N) is 2. The average molecular weight is 246 g/mol. The summed E-state index contributed by atoms with van der Waals surface area (Å²) < 4.78 is 0. The summed E-state index contributed by atoms with van der Waals surface area (Å²) in [5, 5.41) is 6.49. The molecule has 3 nitrogen and oxygen atoms in total. The molecule has 3 heteroatoms. The molecule has 0 saturated carbocycles. The van der Waals surface area contributed by atoms with Crippen molar-refractivity contribution < 1.29 is 4.79 Å². The number of rotatable bonds is 3. The Labute approximate surface area is 109 Å². The van der Waals surface area contributed by atoms with E-state index in [4.69, 9.17) is 0 Å². The predicted molar refractivity (Wildman–Crippen MR) is 73.5 cm³/mol. The van der Waals surface area contributed by atoms with E-state index < -0.39 is 0 Å². The fourth-order valence-electron chi connectivity index (χ4n) is 2.56. The van der Waals surface area contributed by atoms with Crippen molar-refractivity contribution in [3.63, 3.8) is 0 Å². The van der Waals surface area contributed by atoms with Crippen molar-refractivity contribution in [1.82, 2.24) is 10.6 Å². The third-order valence-electron chi connectivity index (χ3n) is 3.57. The first kappa shape index (κ1) is 13.1. The summed E-state index contributed by atoms with van der Waals surface area (Å²) in [4.78, 5) is 11.2. The van der Waals surface area contributed by atoms with Gasteiger partial charge in [0.15, 0.2) is 0 Å². The smallest absolute Gasteiger partial charge is 0.217 e. The van der Waals surface area contributed by atoms with Crippen LogP contribution in [0.3, 0.4) is 0 Å². The van der Waals surface area contributed by atoms with Crippen LogP contribution in [-0.2, 0) is 4.79 Å². The molecule has 1 heterocycles. The van der Waals surface area contributed by atoms with E-state index in [0.717, 1.165) is 13.0 Å². The number of carbonyl (C=O) groups excluding carboxylic acids is 1. The Morgan fingerprint density at radius 2 is 2.00 bits per heavy atom. The molecule has 2 N–H and O–H groups in total. The summed E-state index contributed by atoms with van der Waals surface area (Å²) in [7, 11) is 0. The highest BCUT2D eigenvalue weighted by Crippen LogP contribution is 2.25. The van der Waals surface area contributed by atoms with Crippen LogP contribution in [0.4, 0.5) is 0 Å². The Bertz CT molecular complexity index is 411. The molecule has 1 aromatic rings. The van der Waals surface area contributed by atoms with Gasteiger partial charge in [-0.15, -0.1) is 0 Å². The highest BCUT2D eigenvalue weighted by Gasteiger charge is 2.28. The number of benzene rings is 1. The number of carbonyl (C=O) groups is 1. The van der Waals surface area contributed by atoms with E-state index in [2.05, 4.69) is 48.7 Å². The molecule has 18 heavy (non-hydrogen) atoms. The van der Waals surface area contributed by atoms with E-state index in [9.17, 15) is 4.79 Å². The van der Waals surface area contributed by atoms with Crippen molar-refractivity contribution in [2.45, 2.75) is 45.2 Å². The largest absolute Gasteiger partial charge is 0.352 e. The first-order valence-corrected chi connectivity index (χ1v) is 6.68. The highest BCUT2D eigenvalue weighted by atomic mass is 16.1. The lowest BCUT2D eigenvalue weighted by molar-refractivity contribution is -0.119. The maximum atomic E-state index is 11.2. The summed E-state index contributed by atoms with van der Waals surface area (Å²) in [5.74, 6) is 0.606. The van der Waals surface area contributed by atoms with Gasteiger partial charge >= 0.3 is 0 Å².